The molecule has 0 amide bonds. The minimum absolute atomic E-state index is 0.0343. The van der Waals surface area contributed by atoms with Crippen molar-refractivity contribution in [3.8, 4) is 0 Å². The van der Waals surface area contributed by atoms with E-state index < -0.39 is 5.41 Å². The van der Waals surface area contributed by atoms with Crippen molar-refractivity contribution in [2.24, 2.45) is 11.3 Å². The van der Waals surface area contributed by atoms with Gasteiger partial charge in [-0.1, -0.05) is 58.1 Å². The van der Waals surface area contributed by atoms with Gasteiger partial charge in [-0.3, -0.25) is 14.2 Å². The van der Waals surface area contributed by atoms with Gasteiger partial charge in [-0.15, -0.1) is 0 Å². The summed E-state index contributed by atoms with van der Waals surface area (Å²) in [6.07, 6.45) is 7.50. The van der Waals surface area contributed by atoms with Gasteiger partial charge in [0.1, 0.15) is 0 Å². The van der Waals surface area contributed by atoms with Crippen LogP contribution in [0.3, 0.4) is 0 Å². The van der Waals surface area contributed by atoms with Crippen molar-refractivity contribution in [3.63, 3.8) is 0 Å². The Morgan fingerprint density at radius 3 is 2.48 bits per heavy atom. The van der Waals surface area contributed by atoms with Crippen LogP contribution in [0, 0.1) is 18.3 Å². The summed E-state index contributed by atoms with van der Waals surface area (Å²) in [5.41, 5.74) is 2.41. The van der Waals surface area contributed by atoms with E-state index in [0.717, 1.165) is 28.5 Å². The Labute approximate surface area is 161 Å². The maximum absolute atomic E-state index is 13.0. The fourth-order valence-corrected chi connectivity index (χ4v) is 4.25. The van der Waals surface area contributed by atoms with Gasteiger partial charge < -0.3 is 4.74 Å². The third-order valence-corrected chi connectivity index (χ3v) is 5.76. The molecule has 0 saturated heterocycles. The van der Waals surface area contributed by atoms with Crippen molar-refractivity contribution in [2.45, 2.75) is 65.7 Å². The van der Waals surface area contributed by atoms with Crippen molar-refractivity contribution >= 4 is 22.8 Å². The van der Waals surface area contributed by atoms with Crippen molar-refractivity contribution in [1.29, 1.82) is 0 Å². The second kappa shape index (κ2) is 7.49. The highest BCUT2D eigenvalue weighted by Gasteiger charge is 2.32. The Morgan fingerprint density at radius 2 is 1.89 bits per heavy atom. The highest BCUT2D eigenvalue weighted by atomic mass is 16.5. The van der Waals surface area contributed by atoms with Crippen LogP contribution >= 0.6 is 0 Å². The van der Waals surface area contributed by atoms with Crippen molar-refractivity contribution < 1.29 is 14.3 Å². The molecule has 27 heavy (non-hydrogen) atoms. The van der Waals surface area contributed by atoms with Crippen LogP contribution in [0.2, 0.25) is 0 Å². The summed E-state index contributed by atoms with van der Waals surface area (Å²) in [4.78, 5) is 25.7. The molecule has 1 aromatic heterocycles. The van der Waals surface area contributed by atoms with Gasteiger partial charge in [0.05, 0.1) is 18.5 Å². The van der Waals surface area contributed by atoms with E-state index >= 15 is 0 Å². The molecule has 1 fully saturated rings. The van der Waals surface area contributed by atoms with E-state index in [2.05, 4.69) is 6.07 Å². The average Bonchev–Trinajstić information content (AvgIpc) is 3.25. The molecule has 3 rings (SSSR count). The van der Waals surface area contributed by atoms with Crippen molar-refractivity contribution in [3.05, 3.63) is 35.5 Å². The number of esters is 1. The van der Waals surface area contributed by atoms with E-state index in [1.807, 2.05) is 46.0 Å². The van der Waals surface area contributed by atoms with Crippen LogP contribution in [0.25, 0.3) is 10.9 Å². The molecule has 0 aliphatic heterocycles. The lowest BCUT2D eigenvalue weighted by molar-refractivity contribution is -0.142. The lowest BCUT2D eigenvalue weighted by Gasteiger charge is -2.19. The monoisotopic (exact) mass is 369 g/mol. The van der Waals surface area contributed by atoms with Crippen molar-refractivity contribution in [1.82, 2.24) is 4.57 Å². The first-order valence-electron chi connectivity index (χ1n) is 9.96. The molecule has 146 valence electrons. The van der Waals surface area contributed by atoms with E-state index in [4.69, 9.17) is 4.74 Å². The molecular weight excluding hydrogens is 338 g/mol. The summed E-state index contributed by atoms with van der Waals surface area (Å²) in [6, 6.07) is 6.09. The summed E-state index contributed by atoms with van der Waals surface area (Å²) in [7, 11) is 1.45. The number of fused-ring (bicyclic) bond motifs is 1. The molecule has 1 aromatic carbocycles. The second-order valence-electron chi connectivity index (χ2n) is 8.99. The van der Waals surface area contributed by atoms with Crippen molar-refractivity contribution in [2.75, 3.05) is 7.11 Å². The Balaban J connectivity index is 2.13. The Hall–Kier alpha value is -2.10. The van der Waals surface area contributed by atoms with E-state index in [1.54, 1.807) is 4.57 Å². The summed E-state index contributed by atoms with van der Waals surface area (Å²) < 4.78 is 6.89. The molecule has 0 spiro atoms. The lowest BCUT2D eigenvalue weighted by Crippen LogP contribution is -2.26. The van der Waals surface area contributed by atoms with Gasteiger partial charge in [-0.05, 0) is 37.0 Å². The van der Waals surface area contributed by atoms with Gasteiger partial charge in [0, 0.05) is 17.0 Å². The molecule has 0 N–H and O–H groups in total. The van der Waals surface area contributed by atoms with Crippen LogP contribution in [-0.4, -0.2) is 23.6 Å². The largest absolute Gasteiger partial charge is 0.469 e. The first kappa shape index (κ1) is 19.7. The third-order valence-electron chi connectivity index (χ3n) is 5.76. The van der Waals surface area contributed by atoms with Crippen LogP contribution in [0.5, 0.6) is 0 Å². The van der Waals surface area contributed by atoms with Gasteiger partial charge >= 0.3 is 5.97 Å². The standard InChI is InChI=1S/C23H31NO3/c1-15-10-11-20-17(12-15)19(14-24(20)22(26)23(2,3)4)18(21(25)27-5)13-16-8-6-7-9-16/h10-12,14,16,18H,6-9,13H2,1-5H3. The number of ether oxygens (including phenoxy) is 1. The highest BCUT2D eigenvalue weighted by Crippen LogP contribution is 2.38. The zero-order valence-corrected chi connectivity index (χ0v) is 17.2. The summed E-state index contributed by atoms with van der Waals surface area (Å²) in [5.74, 6) is 0.0600. The van der Waals surface area contributed by atoms with Crippen LogP contribution in [0.15, 0.2) is 24.4 Å². The molecular formula is C23H31NO3. The number of hydrogen-bond acceptors (Lipinski definition) is 3. The number of rotatable bonds is 4. The summed E-state index contributed by atoms with van der Waals surface area (Å²) in [5, 5.41) is 0.987. The highest BCUT2D eigenvalue weighted by molar-refractivity contribution is 5.98. The first-order chi connectivity index (χ1) is 12.7. The number of carbonyl (C=O) groups is 2. The molecule has 4 heteroatoms. The van der Waals surface area contributed by atoms with Crippen LogP contribution in [0.1, 0.15) is 74.7 Å². The van der Waals surface area contributed by atoms with E-state index in [1.165, 1.54) is 32.8 Å². The predicted molar refractivity (Wildman–Crippen MR) is 108 cm³/mol. The molecule has 1 heterocycles. The Bertz CT molecular complexity index is 850. The number of hydrogen-bond donors (Lipinski definition) is 0. The fourth-order valence-electron chi connectivity index (χ4n) is 4.25. The second-order valence-corrected chi connectivity index (χ2v) is 8.99. The number of carbonyl (C=O) groups excluding carboxylic acids is 2. The number of aromatic nitrogens is 1. The van der Waals surface area contributed by atoms with Crippen LogP contribution in [0.4, 0.5) is 0 Å². The molecule has 1 unspecified atom stereocenters. The maximum atomic E-state index is 13.0. The Morgan fingerprint density at radius 1 is 1.22 bits per heavy atom. The van der Waals surface area contributed by atoms with Gasteiger partial charge in [-0.25, -0.2) is 0 Å². The molecule has 4 nitrogen and oxygen atoms in total. The molecule has 0 bridgehead atoms. The minimum Gasteiger partial charge on any atom is -0.469 e. The number of methoxy groups -OCH3 is 1. The first-order valence-corrected chi connectivity index (χ1v) is 9.96. The molecule has 2 aromatic rings. The predicted octanol–water partition coefficient (Wildman–Crippen LogP) is 5.47. The molecule has 0 radical (unpaired) electrons. The Kier molecular flexibility index (Phi) is 5.45. The van der Waals surface area contributed by atoms with Gasteiger partial charge in [0.25, 0.3) is 0 Å². The quantitative estimate of drug-likeness (QED) is 0.671. The van der Waals surface area contributed by atoms with Gasteiger partial charge in [-0.2, -0.15) is 0 Å². The lowest BCUT2D eigenvalue weighted by atomic mass is 9.87. The fraction of sp³-hybridized carbons (Fsp3) is 0.565. The van der Waals surface area contributed by atoms with Gasteiger partial charge in [0.2, 0.25) is 5.91 Å². The maximum Gasteiger partial charge on any atom is 0.313 e. The molecule has 1 atom stereocenters. The molecule has 1 aliphatic carbocycles. The number of nitrogens with zero attached hydrogens (tertiary/aromatic N) is 1. The van der Waals surface area contributed by atoms with Crippen LogP contribution < -0.4 is 0 Å². The SMILES string of the molecule is COC(=O)C(CC1CCCC1)c1cn(C(=O)C(C)(C)C)c2ccc(C)cc12. The van der Waals surface area contributed by atoms with E-state index in [0.29, 0.717) is 5.92 Å². The zero-order valence-electron chi connectivity index (χ0n) is 17.2. The number of aryl methyl sites for hydroxylation is 1. The summed E-state index contributed by atoms with van der Waals surface area (Å²) in [6.45, 7) is 7.80. The average molecular weight is 370 g/mol. The zero-order chi connectivity index (χ0) is 19.8. The van der Waals surface area contributed by atoms with Gasteiger partial charge in [0.15, 0.2) is 0 Å². The topological polar surface area (TPSA) is 48.3 Å². The minimum atomic E-state index is -0.500. The third kappa shape index (κ3) is 3.95. The summed E-state index contributed by atoms with van der Waals surface area (Å²) >= 11 is 0. The number of benzene rings is 1. The molecule has 1 aliphatic rings. The molecule has 1 saturated carbocycles. The van der Waals surface area contributed by atoms with Crippen LogP contribution in [-0.2, 0) is 9.53 Å². The normalized spacial score (nSPS) is 16.6. The van der Waals surface area contributed by atoms with E-state index in [9.17, 15) is 9.59 Å². The van der Waals surface area contributed by atoms with E-state index in [-0.39, 0.29) is 17.8 Å². The smallest absolute Gasteiger partial charge is 0.313 e.